The highest BCUT2D eigenvalue weighted by molar-refractivity contribution is 5.87. The fraction of sp³-hybridized carbons (Fsp3) is 0.647. The summed E-state index contributed by atoms with van der Waals surface area (Å²) in [6.07, 6.45) is 0. The van der Waals surface area contributed by atoms with Crippen LogP contribution in [0, 0.1) is 0 Å². The van der Waals surface area contributed by atoms with Crippen LogP contribution in [0.1, 0.15) is 13.8 Å². The lowest BCUT2D eigenvalue weighted by molar-refractivity contribution is -0.870. The maximum absolute atomic E-state index is 10.9. The zero-order chi connectivity index (χ0) is 18.6. The Morgan fingerprint density at radius 1 is 0.913 bits per heavy atom. The van der Waals surface area contributed by atoms with Crippen LogP contribution in [-0.4, -0.2) is 82.9 Å². The summed E-state index contributed by atoms with van der Waals surface area (Å²) in [7, 11) is 10.0. The topological polar surface area (TPSA) is 55.8 Å². The molecule has 134 valence electrons. The van der Waals surface area contributed by atoms with Gasteiger partial charge in [0.15, 0.2) is 0 Å². The van der Waals surface area contributed by atoms with E-state index in [-0.39, 0.29) is 11.9 Å². The molecular weight excluding hydrogens is 296 g/mol. The third-order valence-electron chi connectivity index (χ3n) is 2.46. The smallest absolute Gasteiger partial charge is 0.333 e. The molecule has 0 aliphatic rings. The van der Waals surface area contributed by atoms with Crippen LogP contribution in [0.15, 0.2) is 24.3 Å². The van der Waals surface area contributed by atoms with E-state index in [1.807, 2.05) is 19.0 Å². The van der Waals surface area contributed by atoms with E-state index in [0.29, 0.717) is 24.4 Å². The van der Waals surface area contributed by atoms with Gasteiger partial charge < -0.3 is 18.9 Å². The standard InChI is InChI=1S/C9H18NO2.C8H15NO2/c1-8(2)9(11)12-7-6-10(3,4)5;1-7(2)8(10)11-6-5-9(3)4/h1,6-7H2,2-5H3;1,5-6H2,2-4H3/q+1;. The molecule has 0 aliphatic heterocycles. The first kappa shape index (κ1) is 23.6. The van der Waals surface area contributed by atoms with Crippen molar-refractivity contribution in [3.05, 3.63) is 24.3 Å². The average molecular weight is 329 g/mol. The van der Waals surface area contributed by atoms with Gasteiger partial charge in [-0.1, -0.05) is 13.2 Å². The molecule has 0 bridgehead atoms. The lowest BCUT2D eigenvalue weighted by atomic mass is 10.4. The minimum Gasteiger partial charge on any atom is -0.461 e. The van der Waals surface area contributed by atoms with Gasteiger partial charge >= 0.3 is 11.9 Å². The van der Waals surface area contributed by atoms with Crippen molar-refractivity contribution in [1.82, 2.24) is 4.90 Å². The summed E-state index contributed by atoms with van der Waals surface area (Å²) >= 11 is 0. The first-order valence-corrected chi connectivity index (χ1v) is 7.47. The summed E-state index contributed by atoms with van der Waals surface area (Å²) in [6, 6.07) is 0. The van der Waals surface area contributed by atoms with Gasteiger partial charge in [0, 0.05) is 17.7 Å². The zero-order valence-electron chi connectivity index (χ0n) is 15.8. The fourth-order valence-corrected chi connectivity index (χ4v) is 0.980. The molecule has 0 spiro atoms. The van der Waals surface area contributed by atoms with E-state index in [4.69, 9.17) is 9.47 Å². The van der Waals surface area contributed by atoms with Crippen LogP contribution < -0.4 is 0 Å². The quantitative estimate of drug-likeness (QED) is 0.383. The molecule has 0 heterocycles. The van der Waals surface area contributed by atoms with Gasteiger partial charge in [0.25, 0.3) is 0 Å². The Kier molecular flexibility index (Phi) is 12.2. The number of quaternary nitrogens is 1. The lowest BCUT2D eigenvalue weighted by Gasteiger charge is -2.23. The predicted octanol–water partition coefficient (Wildman–Crippen LogP) is 1.48. The molecular formula is C17H33N2O4+. The van der Waals surface area contributed by atoms with Crippen molar-refractivity contribution in [2.75, 3.05) is 61.5 Å². The number of esters is 2. The maximum atomic E-state index is 10.9. The van der Waals surface area contributed by atoms with E-state index >= 15 is 0 Å². The molecule has 0 aromatic rings. The molecule has 23 heavy (non-hydrogen) atoms. The minimum atomic E-state index is -0.313. The second-order valence-corrected chi connectivity index (χ2v) is 6.65. The third-order valence-corrected chi connectivity index (χ3v) is 2.46. The van der Waals surface area contributed by atoms with E-state index in [0.717, 1.165) is 17.6 Å². The summed E-state index contributed by atoms with van der Waals surface area (Å²) in [5, 5.41) is 0. The highest BCUT2D eigenvalue weighted by Gasteiger charge is 2.09. The third kappa shape index (κ3) is 18.3. The van der Waals surface area contributed by atoms with Crippen LogP contribution in [0.5, 0.6) is 0 Å². The summed E-state index contributed by atoms with van der Waals surface area (Å²) < 4.78 is 10.6. The molecule has 0 atom stereocenters. The monoisotopic (exact) mass is 329 g/mol. The number of carbonyl (C=O) groups is 2. The van der Waals surface area contributed by atoms with Crippen LogP contribution in [0.25, 0.3) is 0 Å². The minimum absolute atomic E-state index is 0.302. The number of nitrogens with zero attached hydrogens (tertiary/aromatic N) is 2. The van der Waals surface area contributed by atoms with Gasteiger partial charge in [0.1, 0.15) is 19.8 Å². The molecule has 0 aromatic carbocycles. The predicted molar refractivity (Wildman–Crippen MR) is 93.0 cm³/mol. The van der Waals surface area contributed by atoms with Gasteiger partial charge in [-0.3, -0.25) is 0 Å². The Hall–Kier alpha value is -1.66. The van der Waals surface area contributed by atoms with Gasteiger partial charge in [-0.05, 0) is 27.9 Å². The van der Waals surface area contributed by atoms with Crippen LogP contribution in [0.4, 0.5) is 0 Å². The zero-order valence-corrected chi connectivity index (χ0v) is 15.8. The summed E-state index contributed by atoms with van der Waals surface area (Å²) in [5.41, 5.74) is 0.903. The van der Waals surface area contributed by atoms with Crippen molar-refractivity contribution < 1.29 is 23.5 Å². The van der Waals surface area contributed by atoms with Gasteiger partial charge in [-0.2, -0.15) is 0 Å². The van der Waals surface area contributed by atoms with Gasteiger partial charge in [0.2, 0.25) is 0 Å². The van der Waals surface area contributed by atoms with E-state index < -0.39 is 0 Å². The van der Waals surface area contributed by atoms with E-state index in [2.05, 4.69) is 34.3 Å². The Labute approximate surface area is 140 Å². The Balaban J connectivity index is 0. The number of hydrogen-bond donors (Lipinski definition) is 0. The number of ether oxygens (including phenoxy) is 2. The van der Waals surface area contributed by atoms with Crippen LogP contribution in [0.2, 0.25) is 0 Å². The highest BCUT2D eigenvalue weighted by Crippen LogP contribution is 1.94. The Morgan fingerprint density at radius 3 is 1.61 bits per heavy atom. The molecule has 0 rings (SSSR count). The normalized spacial score (nSPS) is 10.4. The van der Waals surface area contributed by atoms with Gasteiger partial charge in [-0.25, -0.2) is 9.59 Å². The molecule has 6 nitrogen and oxygen atoms in total. The molecule has 0 radical (unpaired) electrons. The Bertz CT molecular complexity index is 409. The van der Waals surface area contributed by atoms with Crippen molar-refractivity contribution in [2.24, 2.45) is 0 Å². The largest absolute Gasteiger partial charge is 0.461 e. The molecule has 0 saturated carbocycles. The fourth-order valence-electron chi connectivity index (χ4n) is 0.980. The molecule has 0 amide bonds. The Morgan fingerprint density at radius 2 is 1.30 bits per heavy atom. The van der Waals surface area contributed by atoms with Gasteiger partial charge in [0.05, 0.1) is 21.1 Å². The van der Waals surface area contributed by atoms with E-state index in [1.165, 1.54) is 0 Å². The van der Waals surface area contributed by atoms with Crippen LogP contribution in [0.3, 0.4) is 0 Å². The maximum Gasteiger partial charge on any atom is 0.333 e. The lowest BCUT2D eigenvalue weighted by Crippen LogP contribution is -2.38. The first-order chi connectivity index (χ1) is 10.4. The average Bonchev–Trinajstić information content (AvgIpc) is 2.36. The number of rotatable bonds is 8. The number of hydrogen-bond acceptors (Lipinski definition) is 5. The molecule has 6 heteroatoms. The molecule has 0 aromatic heterocycles. The number of likely N-dealkylation sites (N-methyl/N-ethyl adjacent to an activating group) is 2. The van der Waals surface area contributed by atoms with E-state index in [9.17, 15) is 9.59 Å². The number of carbonyl (C=O) groups excluding carboxylic acids is 2. The molecule has 0 fully saturated rings. The van der Waals surface area contributed by atoms with Crippen LogP contribution in [-0.2, 0) is 19.1 Å². The molecule has 0 N–H and O–H groups in total. The van der Waals surface area contributed by atoms with Crippen molar-refractivity contribution >= 4 is 11.9 Å². The summed E-state index contributed by atoms with van der Waals surface area (Å²) in [5.74, 6) is -0.615. The molecule has 0 aliphatic carbocycles. The molecule has 0 unspecified atom stereocenters. The molecule has 0 saturated heterocycles. The van der Waals surface area contributed by atoms with Crippen LogP contribution >= 0.6 is 0 Å². The second kappa shape index (κ2) is 11.8. The second-order valence-electron chi connectivity index (χ2n) is 6.65. The highest BCUT2D eigenvalue weighted by atomic mass is 16.5. The van der Waals surface area contributed by atoms with Gasteiger partial charge in [-0.15, -0.1) is 0 Å². The van der Waals surface area contributed by atoms with Crippen molar-refractivity contribution in [2.45, 2.75) is 13.8 Å². The summed E-state index contributed by atoms with van der Waals surface area (Å²) in [6.45, 7) is 12.7. The van der Waals surface area contributed by atoms with Crippen molar-refractivity contribution in [3.63, 3.8) is 0 Å². The van der Waals surface area contributed by atoms with E-state index in [1.54, 1.807) is 13.8 Å². The SMILES string of the molecule is C=C(C)C(=O)OCCN(C)C.C=C(C)C(=O)OCC[N+](C)(C)C. The first-order valence-electron chi connectivity index (χ1n) is 7.47. The van der Waals surface area contributed by atoms with Crippen molar-refractivity contribution in [3.8, 4) is 0 Å². The van der Waals surface area contributed by atoms with Crippen molar-refractivity contribution in [1.29, 1.82) is 0 Å². The summed E-state index contributed by atoms with van der Waals surface area (Å²) in [4.78, 5) is 23.6.